The molecule has 2 aromatic rings. The molecule has 2 aromatic carbocycles. The summed E-state index contributed by atoms with van der Waals surface area (Å²) in [5, 5.41) is 2.88. The van der Waals surface area contributed by atoms with Crippen molar-refractivity contribution in [2.45, 2.75) is 6.92 Å². The van der Waals surface area contributed by atoms with E-state index in [0.29, 0.717) is 5.75 Å². The number of nitrogens with zero attached hydrogens (tertiary/aromatic N) is 1. The van der Waals surface area contributed by atoms with Gasteiger partial charge in [0.1, 0.15) is 5.75 Å². The number of anilines is 2. The van der Waals surface area contributed by atoms with E-state index < -0.39 is 0 Å². The molecule has 0 aromatic heterocycles. The Morgan fingerprint density at radius 1 is 1.16 bits per heavy atom. The van der Waals surface area contributed by atoms with Crippen LogP contribution in [0.1, 0.15) is 5.56 Å². The summed E-state index contributed by atoms with van der Waals surface area (Å²) in [5.74, 6) is 0.556. The Morgan fingerprint density at radius 2 is 1.88 bits per heavy atom. The Hall–Kier alpha value is -2.53. The molecule has 25 heavy (non-hydrogen) atoms. The Balaban J connectivity index is 1.50. The summed E-state index contributed by atoms with van der Waals surface area (Å²) in [6.45, 7) is 6.47. The SMILES string of the molecule is Cc1cccc(OCC(=O)Nc2ccc(N3CC[NH+](C)CC3)cc2)c1. The predicted octanol–water partition coefficient (Wildman–Crippen LogP) is 1.35. The number of nitrogens with one attached hydrogen (secondary N) is 2. The minimum atomic E-state index is -0.155. The summed E-state index contributed by atoms with van der Waals surface area (Å²) in [4.78, 5) is 16.0. The summed E-state index contributed by atoms with van der Waals surface area (Å²) >= 11 is 0. The van der Waals surface area contributed by atoms with E-state index in [-0.39, 0.29) is 12.5 Å². The van der Waals surface area contributed by atoms with Gasteiger partial charge in [0.05, 0.1) is 33.2 Å². The van der Waals surface area contributed by atoms with E-state index in [4.69, 9.17) is 4.74 Å². The molecule has 0 bridgehead atoms. The van der Waals surface area contributed by atoms with E-state index in [1.807, 2.05) is 43.3 Å². The molecule has 0 radical (unpaired) electrons. The number of quaternary nitrogens is 1. The lowest BCUT2D eigenvalue weighted by molar-refractivity contribution is -0.880. The highest BCUT2D eigenvalue weighted by atomic mass is 16.5. The maximum absolute atomic E-state index is 12.0. The number of carbonyl (C=O) groups excluding carboxylic acids is 1. The van der Waals surface area contributed by atoms with Crippen LogP contribution >= 0.6 is 0 Å². The average Bonchev–Trinajstić information content (AvgIpc) is 2.62. The van der Waals surface area contributed by atoms with Crippen molar-refractivity contribution in [2.24, 2.45) is 0 Å². The molecule has 5 nitrogen and oxygen atoms in total. The normalized spacial score (nSPS) is 15.0. The zero-order valence-electron chi connectivity index (χ0n) is 14.9. The van der Waals surface area contributed by atoms with Gasteiger partial charge in [-0.1, -0.05) is 12.1 Å². The standard InChI is InChI=1S/C20H25N3O2/c1-16-4-3-5-19(14-16)25-15-20(24)21-17-6-8-18(9-7-17)23-12-10-22(2)11-13-23/h3-9,14H,10-13,15H2,1-2H3,(H,21,24)/p+1. The summed E-state index contributed by atoms with van der Waals surface area (Å²) in [7, 11) is 2.23. The lowest BCUT2D eigenvalue weighted by Gasteiger charge is -2.31. The number of aryl methyl sites for hydroxylation is 1. The highest BCUT2D eigenvalue weighted by Gasteiger charge is 2.16. The highest BCUT2D eigenvalue weighted by molar-refractivity contribution is 5.92. The summed E-state index contributed by atoms with van der Waals surface area (Å²) in [6, 6.07) is 15.7. The van der Waals surface area contributed by atoms with Crippen LogP contribution in [0.3, 0.4) is 0 Å². The number of piperazine rings is 1. The molecule has 0 spiro atoms. The first-order valence-electron chi connectivity index (χ1n) is 8.76. The van der Waals surface area contributed by atoms with E-state index in [2.05, 4.69) is 29.4 Å². The second-order valence-corrected chi connectivity index (χ2v) is 6.64. The number of benzene rings is 2. The van der Waals surface area contributed by atoms with Crippen molar-refractivity contribution in [3.63, 3.8) is 0 Å². The average molecular weight is 340 g/mol. The number of likely N-dealkylation sites (N-methyl/N-ethyl adjacent to an activating group) is 1. The molecule has 1 aliphatic rings. The fraction of sp³-hybridized carbons (Fsp3) is 0.350. The number of hydrogen-bond acceptors (Lipinski definition) is 3. The van der Waals surface area contributed by atoms with Gasteiger partial charge in [-0.3, -0.25) is 4.79 Å². The quantitative estimate of drug-likeness (QED) is 0.864. The molecule has 0 atom stereocenters. The van der Waals surface area contributed by atoms with E-state index in [1.54, 1.807) is 4.90 Å². The number of hydrogen-bond donors (Lipinski definition) is 2. The molecule has 1 amide bonds. The van der Waals surface area contributed by atoms with Crippen molar-refractivity contribution in [2.75, 3.05) is 50.1 Å². The van der Waals surface area contributed by atoms with Gasteiger partial charge in [-0.05, 0) is 48.9 Å². The molecule has 1 heterocycles. The Kier molecular flexibility index (Phi) is 5.56. The molecule has 1 aliphatic heterocycles. The maximum Gasteiger partial charge on any atom is 0.262 e. The molecule has 0 unspecified atom stereocenters. The molecule has 0 aliphatic carbocycles. The smallest absolute Gasteiger partial charge is 0.262 e. The molecule has 5 heteroatoms. The van der Waals surface area contributed by atoms with Crippen LogP contribution in [0.25, 0.3) is 0 Å². The minimum Gasteiger partial charge on any atom is -0.484 e. The first-order valence-corrected chi connectivity index (χ1v) is 8.76. The monoisotopic (exact) mass is 340 g/mol. The van der Waals surface area contributed by atoms with Gasteiger partial charge in [-0.15, -0.1) is 0 Å². The van der Waals surface area contributed by atoms with Crippen LogP contribution in [0.4, 0.5) is 11.4 Å². The van der Waals surface area contributed by atoms with E-state index >= 15 is 0 Å². The van der Waals surface area contributed by atoms with Crippen molar-refractivity contribution in [3.8, 4) is 5.75 Å². The lowest BCUT2D eigenvalue weighted by atomic mass is 10.2. The third-order valence-corrected chi connectivity index (χ3v) is 4.49. The largest absolute Gasteiger partial charge is 0.484 e. The summed E-state index contributed by atoms with van der Waals surface area (Å²) in [5.41, 5.74) is 3.11. The van der Waals surface area contributed by atoms with E-state index in [1.165, 1.54) is 5.69 Å². The van der Waals surface area contributed by atoms with Gasteiger partial charge in [-0.25, -0.2) is 0 Å². The third kappa shape index (κ3) is 4.97. The van der Waals surface area contributed by atoms with Crippen LogP contribution in [-0.4, -0.2) is 45.7 Å². The molecular weight excluding hydrogens is 314 g/mol. The first-order chi connectivity index (χ1) is 12.1. The maximum atomic E-state index is 12.0. The zero-order chi connectivity index (χ0) is 17.6. The molecule has 1 fully saturated rings. The Morgan fingerprint density at radius 3 is 2.56 bits per heavy atom. The molecule has 2 N–H and O–H groups in total. The van der Waals surface area contributed by atoms with Crippen molar-refractivity contribution >= 4 is 17.3 Å². The predicted molar refractivity (Wildman–Crippen MR) is 101 cm³/mol. The number of amides is 1. The van der Waals surface area contributed by atoms with Crippen molar-refractivity contribution in [1.82, 2.24) is 0 Å². The fourth-order valence-electron chi connectivity index (χ4n) is 2.95. The lowest BCUT2D eigenvalue weighted by Crippen LogP contribution is -3.12. The third-order valence-electron chi connectivity index (χ3n) is 4.49. The second-order valence-electron chi connectivity index (χ2n) is 6.64. The van der Waals surface area contributed by atoms with Crippen LogP contribution in [0.5, 0.6) is 5.75 Å². The topological polar surface area (TPSA) is 46.0 Å². The Labute approximate surface area is 149 Å². The van der Waals surface area contributed by atoms with Crippen LogP contribution < -0.4 is 19.9 Å². The molecule has 0 saturated carbocycles. The fourth-order valence-corrected chi connectivity index (χ4v) is 2.95. The highest BCUT2D eigenvalue weighted by Crippen LogP contribution is 2.18. The molecule has 1 saturated heterocycles. The van der Waals surface area contributed by atoms with Crippen molar-refractivity contribution in [3.05, 3.63) is 54.1 Å². The van der Waals surface area contributed by atoms with Crippen LogP contribution in [-0.2, 0) is 4.79 Å². The number of ether oxygens (including phenoxy) is 1. The number of rotatable bonds is 5. The molecular formula is C20H26N3O2+. The summed E-state index contributed by atoms with van der Waals surface area (Å²) in [6.07, 6.45) is 0. The van der Waals surface area contributed by atoms with Gasteiger partial charge in [-0.2, -0.15) is 0 Å². The van der Waals surface area contributed by atoms with Gasteiger partial charge in [0.2, 0.25) is 0 Å². The van der Waals surface area contributed by atoms with Gasteiger partial charge in [0.25, 0.3) is 5.91 Å². The van der Waals surface area contributed by atoms with Crippen LogP contribution in [0.15, 0.2) is 48.5 Å². The number of carbonyl (C=O) groups is 1. The molecule has 132 valence electrons. The minimum absolute atomic E-state index is 0.00639. The van der Waals surface area contributed by atoms with Gasteiger partial charge >= 0.3 is 0 Å². The summed E-state index contributed by atoms with van der Waals surface area (Å²) < 4.78 is 5.53. The van der Waals surface area contributed by atoms with E-state index in [9.17, 15) is 4.79 Å². The van der Waals surface area contributed by atoms with Crippen LogP contribution in [0, 0.1) is 6.92 Å². The zero-order valence-corrected chi connectivity index (χ0v) is 14.9. The van der Waals surface area contributed by atoms with E-state index in [0.717, 1.165) is 37.4 Å². The molecule has 3 rings (SSSR count). The van der Waals surface area contributed by atoms with Crippen molar-refractivity contribution < 1.29 is 14.4 Å². The Bertz CT molecular complexity index is 707. The van der Waals surface area contributed by atoms with Gasteiger partial charge < -0.3 is 19.9 Å². The second kappa shape index (κ2) is 8.03. The van der Waals surface area contributed by atoms with Gasteiger partial charge in [0.15, 0.2) is 6.61 Å². The van der Waals surface area contributed by atoms with Gasteiger partial charge in [0, 0.05) is 11.4 Å². The first kappa shape index (κ1) is 17.3. The van der Waals surface area contributed by atoms with Crippen molar-refractivity contribution in [1.29, 1.82) is 0 Å². The van der Waals surface area contributed by atoms with Crippen LogP contribution in [0.2, 0.25) is 0 Å².